The van der Waals surface area contributed by atoms with Crippen LogP contribution in [0.5, 0.6) is 0 Å². The van der Waals surface area contributed by atoms with Crippen LogP contribution in [-0.2, 0) is 9.59 Å². The highest BCUT2D eigenvalue weighted by molar-refractivity contribution is 5.88. The number of benzene rings is 1. The largest absolute Gasteiger partial charge is 0.394 e. The van der Waals surface area contributed by atoms with E-state index in [1.807, 2.05) is 23.2 Å². The van der Waals surface area contributed by atoms with Gasteiger partial charge in [-0.2, -0.15) is 0 Å². The summed E-state index contributed by atoms with van der Waals surface area (Å²) in [5, 5.41) is 10.0. The zero-order chi connectivity index (χ0) is 21.4. The summed E-state index contributed by atoms with van der Waals surface area (Å²) in [7, 11) is 0. The molecule has 2 saturated heterocycles. The quantitative estimate of drug-likeness (QED) is 0.827. The Bertz CT molecular complexity index is 940. The first-order chi connectivity index (χ1) is 15.2. The Morgan fingerprint density at radius 1 is 1.06 bits per heavy atom. The predicted octanol–water partition coefficient (Wildman–Crippen LogP) is 2.83. The number of carbonyl (C=O) groups is 2. The first-order valence-corrected chi connectivity index (χ1v) is 11.4. The van der Waals surface area contributed by atoms with Crippen molar-refractivity contribution in [2.75, 3.05) is 19.7 Å². The maximum absolute atomic E-state index is 13.1. The molecule has 2 aliphatic heterocycles. The molecule has 1 saturated carbocycles. The van der Waals surface area contributed by atoms with E-state index in [1.165, 1.54) is 6.42 Å². The molecule has 3 atom stereocenters. The van der Waals surface area contributed by atoms with Gasteiger partial charge in [-0.3, -0.25) is 14.6 Å². The summed E-state index contributed by atoms with van der Waals surface area (Å²) in [5.41, 5.74) is 3.25. The van der Waals surface area contributed by atoms with Gasteiger partial charge in [0, 0.05) is 30.8 Å². The van der Waals surface area contributed by atoms with E-state index >= 15 is 0 Å². The van der Waals surface area contributed by atoms with Crippen molar-refractivity contribution in [2.24, 2.45) is 5.92 Å². The lowest BCUT2D eigenvalue weighted by atomic mass is 9.73. The fraction of sp³-hybridized carbons (Fsp3) is 0.480. The Morgan fingerprint density at radius 3 is 2.52 bits per heavy atom. The number of nitrogens with zero attached hydrogens (tertiary/aromatic N) is 3. The van der Waals surface area contributed by atoms with Crippen molar-refractivity contribution in [3.8, 4) is 11.1 Å². The molecule has 1 aromatic heterocycles. The Hall–Kier alpha value is -2.73. The van der Waals surface area contributed by atoms with Crippen LogP contribution in [0.1, 0.15) is 43.6 Å². The molecule has 1 aromatic carbocycles. The summed E-state index contributed by atoms with van der Waals surface area (Å²) in [4.78, 5) is 33.7. The molecule has 1 aliphatic carbocycles. The predicted molar refractivity (Wildman–Crippen MR) is 117 cm³/mol. The third kappa shape index (κ3) is 3.63. The number of aliphatic hydroxyl groups is 1. The standard InChI is InChI=1S/C25H29N3O3/c29-16-22-24(18-10-8-17(9-11-18)20-7-4-12-26-13-20)21-14-27(15-23(30)28(21)22)25(31)19-5-2-1-3-6-19/h4,7-13,19,21-22,24,29H,1-3,5-6,14-16H2/t21-,22+,24+/m1/s1. The van der Waals surface area contributed by atoms with Crippen LogP contribution in [0.4, 0.5) is 0 Å². The van der Waals surface area contributed by atoms with Crippen LogP contribution in [0.2, 0.25) is 0 Å². The minimum absolute atomic E-state index is 0.0392. The van der Waals surface area contributed by atoms with Crippen LogP contribution < -0.4 is 0 Å². The third-order valence-electron chi connectivity index (χ3n) is 7.31. The number of hydrogen-bond acceptors (Lipinski definition) is 4. The summed E-state index contributed by atoms with van der Waals surface area (Å²) in [6.07, 6.45) is 8.89. The molecule has 2 amide bonds. The van der Waals surface area contributed by atoms with Crippen LogP contribution >= 0.6 is 0 Å². The summed E-state index contributed by atoms with van der Waals surface area (Å²) in [5.74, 6) is 0.214. The number of aromatic nitrogens is 1. The highest BCUT2D eigenvalue weighted by Gasteiger charge is 2.54. The fourth-order valence-electron chi connectivity index (χ4n) is 5.71. The van der Waals surface area contributed by atoms with Gasteiger partial charge in [-0.05, 0) is 35.6 Å². The van der Waals surface area contributed by atoms with E-state index in [1.54, 1.807) is 11.1 Å². The minimum Gasteiger partial charge on any atom is -0.394 e. The van der Waals surface area contributed by atoms with E-state index in [0.29, 0.717) is 6.54 Å². The molecule has 0 spiro atoms. The van der Waals surface area contributed by atoms with Gasteiger partial charge in [0.25, 0.3) is 0 Å². The van der Waals surface area contributed by atoms with Gasteiger partial charge in [-0.1, -0.05) is 49.6 Å². The molecule has 1 N–H and O–H groups in total. The van der Waals surface area contributed by atoms with Crippen LogP contribution in [-0.4, -0.2) is 63.5 Å². The molecule has 6 nitrogen and oxygen atoms in total. The Morgan fingerprint density at radius 2 is 1.84 bits per heavy atom. The molecule has 0 radical (unpaired) electrons. The first kappa shape index (κ1) is 20.2. The molecule has 0 bridgehead atoms. The van der Waals surface area contributed by atoms with Crippen molar-refractivity contribution in [1.29, 1.82) is 0 Å². The van der Waals surface area contributed by atoms with E-state index in [-0.39, 0.29) is 48.9 Å². The molecule has 3 aliphatic rings. The molecule has 162 valence electrons. The topological polar surface area (TPSA) is 73.7 Å². The molecule has 5 rings (SSSR count). The number of piperazine rings is 1. The number of rotatable bonds is 4. The highest BCUT2D eigenvalue weighted by atomic mass is 16.3. The van der Waals surface area contributed by atoms with Crippen LogP contribution in [0.15, 0.2) is 48.8 Å². The van der Waals surface area contributed by atoms with Gasteiger partial charge < -0.3 is 14.9 Å². The van der Waals surface area contributed by atoms with Gasteiger partial charge in [0.1, 0.15) is 0 Å². The minimum atomic E-state index is -0.214. The van der Waals surface area contributed by atoms with Crippen molar-refractivity contribution in [3.63, 3.8) is 0 Å². The number of aliphatic hydroxyl groups excluding tert-OH is 1. The second kappa shape index (κ2) is 8.42. The maximum Gasteiger partial charge on any atom is 0.242 e. The van der Waals surface area contributed by atoms with E-state index in [4.69, 9.17) is 0 Å². The number of pyridine rings is 1. The zero-order valence-electron chi connectivity index (χ0n) is 17.7. The van der Waals surface area contributed by atoms with E-state index in [0.717, 1.165) is 42.4 Å². The van der Waals surface area contributed by atoms with E-state index < -0.39 is 0 Å². The lowest BCUT2D eigenvalue weighted by Gasteiger charge is -2.59. The van der Waals surface area contributed by atoms with Gasteiger partial charge in [-0.25, -0.2) is 0 Å². The molecule has 0 unspecified atom stereocenters. The third-order valence-corrected chi connectivity index (χ3v) is 7.31. The lowest BCUT2D eigenvalue weighted by molar-refractivity contribution is -0.168. The molecule has 31 heavy (non-hydrogen) atoms. The number of carbonyl (C=O) groups excluding carboxylic acids is 2. The highest BCUT2D eigenvalue weighted by Crippen LogP contribution is 2.43. The average Bonchev–Trinajstić information content (AvgIpc) is 2.81. The monoisotopic (exact) mass is 419 g/mol. The normalized spacial score (nSPS) is 26.4. The number of amides is 2. The Labute approximate surface area is 182 Å². The van der Waals surface area contributed by atoms with Gasteiger partial charge in [-0.15, -0.1) is 0 Å². The SMILES string of the molecule is O=C(C1CCCCC1)N1CC(=O)N2[C@H](C1)[C@H](c1ccc(-c3cccnc3)cc1)[C@@H]2CO. The van der Waals surface area contributed by atoms with Crippen molar-refractivity contribution in [3.05, 3.63) is 54.4 Å². The zero-order valence-corrected chi connectivity index (χ0v) is 17.7. The Kier molecular flexibility index (Phi) is 5.48. The number of hydrogen-bond donors (Lipinski definition) is 1. The second-order valence-electron chi connectivity index (χ2n) is 9.06. The Balaban J connectivity index is 1.35. The van der Waals surface area contributed by atoms with Crippen LogP contribution in [0.25, 0.3) is 11.1 Å². The average molecular weight is 420 g/mol. The van der Waals surface area contributed by atoms with Crippen LogP contribution in [0.3, 0.4) is 0 Å². The van der Waals surface area contributed by atoms with Gasteiger partial charge in [0.05, 0.1) is 25.2 Å². The molecule has 2 aromatic rings. The fourth-order valence-corrected chi connectivity index (χ4v) is 5.71. The summed E-state index contributed by atoms with van der Waals surface area (Å²) >= 11 is 0. The first-order valence-electron chi connectivity index (χ1n) is 11.4. The molecule has 3 heterocycles. The van der Waals surface area contributed by atoms with E-state index in [9.17, 15) is 14.7 Å². The smallest absolute Gasteiger partial charge is 0.242 e. The molecular formula is C25H29N3O3. The number of fused-ring (bicyclic) bond motifs is 1. The molecule has 3 fully saturated rings. The van der Waals surface area contributed by atoms with Crippen molar-refractivity contribution < 1.29 is 14.7 Å². The van der Waals surface area contributed by atoms with Crippen molar-refractivity contribution in [1.82, 2.24) is 14.8 Å². The summed E-state index contributed by atoms with van der Waals surface area (Å²) in [6, 6.07) is 12.0. The van der Waals surface area contributed by atoms with Gasteiger partial charge in [0.2, 0.25) is 11.8 Å². The lowest BCUT2D eigenvalue weighted by Crippen LogP contribution is -2.73. The summed E-state index contributed by atoms with van der Waals surface area (Å²) < 4.78 is 0. The van der Waals surface area contributed by atoms with Crippen molar-refractivity contribution in [2.45, 2.75) is 50.1 Å². The van der Waals surface area contributed by atoms with Crippen LogP contribution in [0, 0.1) is 5.92 Å². The van der Waals surface area contributed by atoms with E-state index in [2.05, 4.69) is 29.2 Å². The van der Waals surface area contributed by atoms with Gasteiger partial charge >= 0.3 is 0 Å². The maximum atomic E-state index is 13.1. The van der Waals surface area contributed by atoms with Gasteiger partial charge in [0.15, 0.2) is 0 Å². The molecular weight excluding hydrogens is 390 g/mol. The van der Waals surface area contributed by atoms with Crippen molar-refractivity contribution >= 4 is 11.8 Å². The molecule has 6 heteroatoms. The summed E-state index contributed by atoms with van der Waals surface area (Å²) in [6.45, 7) is 0.648. The second-order valence-corrected chi connectivity index (χ2v) is 9.06.